The molecule has 1 unspecified atom stereocenters. The van der Waals surface area contributed by atoms with Crippen LogP contribution in [0.15, 0.2) is 68.7 Å². The monoisotopic (exact) mass is 431 g/mol. The van der Waals surface area contributed by atoms with Crippen LogP contribution in [0.25, 0.3) is 11.0 Å². The lowest BCUT2D eigenvalue weighted by Gasteiger charge is -2.19. The molecule has 3 rings (SSSR count). The first kappa shape index (κ1) is 21.5. The fraction of sp³-hybridized carbons (Fsp3) is 0.238. The first-order valence-electron chi connectivity index (χ1n) is 9.18. The molecule has 9 heteroatoms. The van der Waals surface area contributed by atoms with E-state index >= 15 is 0 Å². The zero-order valence-corrected chi connectivity index (χ0v) is 17.3. The van der Waals surface area contributed by atoms with Gasteiger partial charge in [-0.25, -0.2) is 17.9 Å². The molecule has 3 aromatic rings. The van der Waals surface area contributed by atoms with Crippen molar-refractivity contribution in [3.63, 3.8) is 0 Å². The minimum Gasteiger partial charge on any atom is -0.497 e. The van der Waals surface area contributed by atoms with Gasteiger partial charge in [-0.2, -0.15) is 0 Å². The van der Waals surface area contributed by atoms with Crippen LogP contribution in [0, 0.1) is 0 Å². The van der Waals surface area contributed by atoms with Crippen molar-refractivity contribution in [3.05, 3.63) is 70.6 Å². The van der Waals surface area contributed by atoms with Crippen molar-refractivity contribution in [3.8, 4) is 5.75 Å². The number of carbonyl (C=O) groups excluding carboxylic acids is 1. The standard InChI is InChI=1S/C21H21NO7S/c1-3-28-21(24)13-18(14-5-4-6-16(11-14)27-2)22-30(25,26)17-8-9-19-15(12-17)7-10-20(23)29-19/h4-12,18,22H,3,13H2,1-2H3. The molecule has 0 bridgehead atoms. The van der Waals surface area contributed by atoms with Gasteiger partial charge in [0, 0.05) is 11.5 Å². The predicted molar refractivity (Wildman–Crippen MR) is 110 cm³/mol. The molecule has 0 saturated heterocycles. The fourth-order valence-electron chi connectivity index (χ4n) is 2.94. The Morgan fingerprint density at radius 2 is 1.93 bits per heavy atom. The number of ether oxygens (including phenoxy) is 2. The molecule has 0 spiro atoms. The Bertz CT molecular complexity index is 1220. The van der Waals surface area contributed by atoms with Crippen molar-refractivity contribution in [2.24, 2.45) is 0 Å². The van der Waals surface area contributed by atoms with Gasteiger partial charge in [0.1, 0.15) is 11.3 Å². The Morgan fingerprint density at radius 1 is 1.13 bits per heavy atom. The summed E-state index contributed by atoms with van der Waals surface area (Å²) in [6.45, 7) is 1.86. The van der Waals surface area contributed by atoms with E-state index < -0.39 is 27.7 Å². The van der Waals surface area contributed by atoms with Gasteiger partial charge in [0.2, 0.25) is 10.0 Å². The summed E-state index contributed by atoms with van der Waals surface area (Å²) >= 11 is 0. The highest BCUT2D eigenvalue weighted by molar-refractivity contribution is 7.89. The van der Waals surface area contributed by atoms with Crippen molar-refractivity contribution in [1.29, 1.82) is 0 Å². The molecule has 0 aliphatic rings. The number of hydrogen-bond acceptors (Lipinski definition) is 7. The molecule has 0 radical (unpaired) electrons. The molecule has 0 amide bonds. The Kier molecular flexibility index (Phi) is 6.53. The number of sulfonamides is 1. The maximum absolute atomic E-state index is 13.0. The summed E-state index contributed by atoms with van der Waals surface area (Å²) in [5.41, 5.74) is 0.304. The first-order valence-corrected chi connectivity index (χ1v) is 10.7. The average molecular weight is 431 g/mol. The molecular formula is C21H21NO7S. The lowest BCUT2D eigenvalue weighted by molar-refractivity contribution is -0.143. The maximum atomic E-state index is 13.0. The van der Waals surface area contributed by atoms with Crippen molar-refractivity contribution in [1.82, 2.24) is 4.72 Å². The third kappa shape index (κ3) is 5.05. The van der Waals surface area contributed by atoms with Crippen LogP contribution in [0.5, 0.6) is 5.75 Å². The molecule has 0 aliphatic heterocycles. The van der Waals surface area contributed by atoms with Gasteiger partial charge in [0.25, 0.3) is 0 Å². The molecule has 2 aromatic carbocycles. The number of rotatable bonds is 8. The molecular weight excluding hydrogens is 410 g/mol. The number of fused-ring (bicyclic) bond motifs is 1. The topological polar surface area (TPSA) is 112 Å². The minimum absolute atomic E-state index is 0.0272. The molecule has 1 N–H and O–H groups in total. The van der Waals surface area contributed by atoms with Crippen molar-refractivity contribution < 1.29 is 27.1 Å². The van der Waals surface area contributed by atoms with Crippen molar-refractivity contribution in [2.75, 3.05) is 13.7 Å². The van der Waals surface area contributed by atoms with Gasteiger partial charge in [-0.3, -0.25) is 4.79 Å². The number of hydrogen-bond donors (Lipinski definition) is 1. The molecule has 158 valence electrons. The van der Waals surface area contributed by atoms with Gasteiger partial charge >= 0.3 is 11.6 Å². The quantitative estimate of drug-likeness (QED) is 0.431. The number of esters is 1. The van der Waals surface area contributed by atoms with E-state index in [1.165, 1.54) is 37.4 Å². The van der Waals surface area contributed by atoms with E-state index in [1.807, 2.05) is 0 Å². The zero-order valence-electron chi connectivity index (χ0n) is 16.5. The largest absolute Gasteiger partial charge is 0.497 e. The Morgan fingerprint density at radius 3 is 2.67 bits per heavy atom. The van der Waals surface area contributed by atoms with Crippen molar-refractivity contribution in [2.45, 2.75) is 24.3 Å². The van der Waals surface area contributed by atoms with E-state index in [1.54, 1.807) is 31.2 Å². The summed E-state index contributed by atoms with van der Waals surface area (Å²) < 4.78 is 43.9. The smallest absolute Gasteiger partial charge is 0.336 e. The van der Waals surface area contributed by atoms with Crippen LogP contribution in [-0.4, -0.2) is 28.1 Å². The lowest BCUT2D eigenvalue weighted by atomic mass is 10.0. The van der Waals surface area contributed by atoms with Crippen molar-refractivity contribution >= 4 is 27.0 Å². The minimum atomic E-state index is -4.01. The van der Waals surface area contributed by atoms with Gasteiger partial charge in [-0.15, -0.1) is 0 Å². The average Bonchev–Trinajstić information content (AvgIpc) is 2.73. The second-order valence-corrected chi connectivity index (χ2v) is 8.13. The summed E-state index contributed by atoms with van der Waals surface area (Å²) in [5, 5.41) is 0.459. The second-order valence-electron chi connectivity index (χ2n) is 6.41. The molecule has 8 nitrogen and oxygen atoms in total. The SMILES string of the molecule is CCOC(=O)CC(NS(=O)(=O)c1ccc2oc(=O)ccc2c1)c1cccc(OC)c1. The van der Waals surface area contributed by atoms with Crippen LogP contribution in [0.2, 0.25) is 0 Å². The van der Waals surface area contributed by atoms with Gasteiger partial charge in [-0.1, -0.05) is 12.1 Å². The van der Waals surface area contributed by atoms with Gasteiger partial charge in [0.05, 0.1) is 31.1 Å². The Labute approximate surface area is 173 Å². The molecule has 1 atom stereocenters. The van der Waals surface area contributed by atoms with Gasteiger partial charge in [0.15, 0.2) is 0 Å². The summed E-state index contributed by atoms with van der Waals surface area (Å²) in [6, 6.07) is 12.8. The van der Waals surface area contributed by atoms with Crippen LogP contribution in [0.4, 0.5) is 0 Å². The Balaban J connectivity index is 1.96. The summed E-state index contributed by atoms with van der Waals surface area (Å²) in [5.74, 6) is -0.00500. The normalized spacial score (nSPS) is 12.5. The van der Waals surface area contributed by atoms with E-state index in [0.29, 0.717) is 16.7 Å². The van der Waals surface area contributed by atoms with E-state index in [2.05, 4.69) is 4.72 Å². The van der Waals surface area contributed by atoms with Gasteiger partial charge in [-0.05, 0) is 48.9 Å². The summed E-state index contributed by atoms with van der Waals surface area (Å²) in [6.07, 6.45) is -0.192. The van der Waals surface area contributed by atoms with Crippen LogP contribution >= 0.6 is 0 Å². The van der Waals surface area contributed by atoms with E-state index in [9.17, 15) is 18.0 Å². The van der Waals surface area contributed by atoms with Crippen LogP contribution in [0.1, 0.15) is 24.9 Å². The zero-order chi connectivity index (χ0) is 21.7. The molecule has 1 aromatic heterocycles. The predicted octanol–water partition coefficient (Wildman–Crippen LogP) is 2.77. The highest BCUT2D eigenvalue weighted by atomic mass is 32.2. The number of benzene rings is 2. The van der Waals surface area contributed by atoms with Crippen LogP contribution < -0.4 is 15.1 Å². The fourth-order valence-corrected chi connectivity index (χ4v) is 4.20. The molecule has 30 heavy (non-hydrogen) atoms. The number of carbonyl (C=O) groups is 1. The maximum Gasteiger partial charge on any atom is 0.336 e. The van der Waals surface area contributed by atoms with Gasteiger partial charge < -0.3 is 13.9 Å². The highest BCUT2D eigenvalue weighted by Gasteiger charge is 2.25. The Hall–Kier alpha value is -3.17. The molecule has 1 heterocycles. The second kappa shape index (κ2) is 9.10. The van der Waals surface area contributed by atoms with Crippen LogP contribution in [-0.2, 0) is 19.6 Å². The lowest BCUT2D eigenvalue weighted by Crippen LogP contribution is -2.30. The molecule has 0 saturated carbocycles. The van der Waals surface area contributed by atoms with E-state index in [0.717, 1.165) is 0 Å². The van der Waals surface area contributed by atoms with Crippen LogP contribution in [0.3, 0.4) is 0 Å². The molecule has 0 fully saturated rings. The van der Waals surface area contributed by atoms with E-state index in [-0.39, 0.29) is 23.5 Å². The summed E-state index contributed by atoms with van der Waals surface area (Å²) in [4.78, 5) is 23.4. The highest BCUT2D eigenvalue weighted by Crippen LogP contribution is 2.25. The first-order chi connectivity index (χ1) is 14.3. The molecule has 0 aliphatic carbocycles. The third-order valence-electron chi connectivity index (χ3n) is 4.37. The third-order valence-corrected chi connectivity index (χ3v) is 5.84. The summed E-state index contributed by atoms with van der Waals surface area (Å²) in [7, 11) is -2.51. The number of methoxy groups -OCH3 is 1. The van der Waals surface area contributed by atoms with E-state index in [4.69, 9.17) is 13.9 Å². The number of nitrogens with one attached hydrogen (secondary N) is 1.